The maximum absolute atomic E-state index is 10.8. The molecule has 0 amide bonds. The number of aromatic amines is 1. The van der Waals surface area contributed by atoms with Crippen LogP contribution >= 0.6 is 23.2 Å². The van der Waals surface area contributed by atoms with Crippen LogP contribution in [0.2, 0.25) is 0 Å². The van der Waals surface area contributed by atoms with Gasteiger partial charge in [-0.1, -0.05) is 37.8 Å². The molecule has 5 nitrogen and oxygen atoms in total. The van der Waals surface area contributed by atoms with Crippen LogP contribution in [0.5, 0.6) is 0 Å². The molecule has 0 unspecified atom stereocenters. The zero-order chi connectivity index (χ0) is 22.5. The van der Waals surface area contributed by atoms with Crippen molar-refractivity contribution in [2.24, 2.45) is 0 Å². The molecule has 0 aliphatic heterocycles. The van der Waals surface area contributed by atoms with E-state index in [1.165, 1.54) is 38.1 Å². The normalized spacial score (nSPS) is 8.62. The number of H-pyrrole nitrogens is 1. The predicted molar refractivity (Wildman–Crippen MR) is 123 cm³/mol. The van der Waals surface area contributed by atoms with Crippen LogP contribution in [0.3, 0.4) is 0 Å². The van der Waals surface area contributed by atoms with Gasteiger partial charge in [0, 0.05) is 34.4 Å². The number of benzene rings is 2. The van der Waals surface area contributed by atoms with Gasteiger partial charge in [-0.3, -0.25) is 19.2 Å². The summed E-state index contributed by atoms with van der Waals surface area (Å²) in [5, 5.41) is -1.10. The number of rotatable bonds is 4. The molecule has 3 rings (SSSR count). The van der Waals surface area contributed by atoms with Gasteiger partial charge < -0.3 is 12.4 Å². The second-order valence-electron chi connectivity index (χ2n) is 5.89. The van der Waals surface area contributed by atoms with Crippen LogP contribution in [-0.2, 0) is 0 Å². The lowest BCUT2D eigenvalue weighted by atomic mass is 10.1. The van der Waals surface area contributed by atoms with E-state index in [1.807, 2.05) is 30.6 Å². The number of nitrogens with one attached hydrogen (secondary N) is 1. The highest BCUT2D eigenvalue weighted by atomic mass is 35.5. The second kappa shape index (κ2) is 16.8. The van der Waals surface area contributed by atoms with Crippen LogP contribution in [0.15, 0.2) is 79.1 Å². The standard InChI is InChI=1S/C10H10O2.C8H4Cl2O2.C5H5N.CH4.ClH/c1-7(11)9-3-5-10(6-4-9)8(2)12;9-7(11)5-1-2-6(4-3-5)8(10)12;1-2-4-6-5-3-1;;/h3-6H,1-2H3;1-4H;1-5H;1H4;1H. The highest BCUT2D eigenvalue weighted by Crippen LogP contribution is 2.09. The van der Waals surface area contributed by atoms with Gasteiger partial charge in [0.2, 0.25) is 0 Å². The summed E-state index contributed by atoms with van der Waals surface area (Å²) in [5.41, 5.74) is 1.97. The quantitative estimate of drug-likeness (QED) is 0.411. The van der Waals surface area contributed by atoms with Gasteiger partial charge in [-0.05, 0) is 61.3 Å². The summed E-state index contributed by atoms with van der Waals surface area (Å²) in [7, 11) is 0. The highest BCUT2D eigenvalue weighted by molar-refractivity contribution is 6.68. The molecule has 170 valence electrons. The van der Waals surface area contributed by atoms with Crippen molar-refractivity contribution in [3.05, 3.63) is 101 Å². The fourth-order valence-corrected chi connectivity index (χ4v) is 2.27. The van der Waals surface area contributed by atoms with Gasteiger partial charge in [-0.15, -0.1) is 0 Å². The van der Waals surface area contributed by atoms with Gasteiger partial charge in [0.15, 0.2) is 24.0 Å². The lowest BCUT2D eigenvalue weighted by molar-refractivity contribution is -0.377. The zero-order valence-electron chi connectivity index (χ0n) is 16.8. The molecule has 0 bridgehead atoms. The molecule has 0 saturated carbocycles. The van der Waals surface area contributed by atoms with Crippen molar-refractivity contribution in [2.75, 3.05) is 0 Å². The van der Waals surface area contributed by atoms with Crippen molar-refractivity contribution in [3.8, 4) is 0 Å². The molecule has 3 aromatic rings. The van der Waals surface area contributed by atoms with Crippen molar-refractivity contribution in [1.29, 1.82) is 0 Å². The van der Waals surface area contributed by atoms with Crippen molar-refractivity contribution in [2.45, 2.75) is 21.3 Å². The van der Waals surface area contributed by atoms with E-state index in [9.17, 15) is 19.2 Å². The number of hydrogen-bond donors (Lipinski definition) is 0. The Bertz CT molecular complexity index is 830. The SMILES string of the molecule is C.CC(=O)c1ccc(C(C)=O)cc1.O=C(Cl)c1ccc(C(=O)Cl)cc1.[Cl-].c1cc[nH+]cc1. The Hall–Kier alpha value is -2.86. The molecule has 0 saturated heterocycles. The van der Waals surface area contributed by atoms with Gasteiger partial charge in [-0.2, -0.15) is 0 Å². The Morgan fingerprint density at radius 3 is 1.03 bits per heavy atom. The summed E-state index contributed by atoms with van der Waals surface area (Å²) in [6.07, 6.45) is 3.75. The molecule has 0 spiro atoms. The first-order chi connectivity index (χ1) is 14.2. The number of Topliss-reactive ketones (excluding diaryl/α,β-unsaturated/α-hetero) is 2. The Morgan fingerprint density at radius 1 is 0.594 bits per heavy atom. The molecular weight excluding hydrogens is 473 g/mol. The minimum absolute atomic E-state index is 0. The lowest BCUT2D eigenvalue weighted by Crippen LogP contribution is -3.00. The molecular formula is C24H24Cl3NO4. The van der Waals surface area contributed by atoms with E-state index in [0.29, 0.717) is 22.3 Å². The highest BCUT2D eigenvalue weighted by Gasteiger charge is 2.04. The van der Waals surface area contributed by atoms with Crippen molar-refractivity contribution in [1.82, 2.24) is 0 Å². The molecule has 0 aliphatic carbocycles. The average molecular weight is 497 g/mol. The van der Waals surface area contributed by atoms with Crippen molar-refractivity contribution in [3.63, 3.8) is 0 Å². The first-order valence-electron chi connectivity index (χ1n) is 8.75. The fraction of sp³-hybridized carbons (Fsp3) is 0.125. The number of carbonyl (C=O) groups is 4. The van der Waals surface area contributed by atoms with Gasteiger partial charge >= 0.3 is 0 Å². The zero-order valence-corrected chi connectivity index (χ0v) is 19.0. The maximum atomic E-state index is 10.8. The number of ketones is 2. The predicted octanol–water partition coefficient (Wildman–Crippen LogP) is 2.68. The van der Waals surface area contributed by atoms with Gasteiger partial charge in [0.25, 0.3) is 10.5 Å². The molecule has 1 N–H and O–H groups in total. The molecule has 8 heteroatoms. The number of halogens is 3. The number of hydrogen-bond acceptors (Lipinski definition) is 4. The first kappa shape index (κ1) is 31.3. The first-order valence-corrected chi connectivity index (χ1v) is 9.50. The molecule has 0 aliphatic rings. The summed E-state index contributed by atoms with van der Waals surface area (Å²) in [4.78, 5) is 45.7. The van der Waals surface area contributed by atoms with Gasteiger partial charge in [-0.25, -0.2) is 4.98 Å². The lowest BCUT2D eigenvalue weighted by Gasteiger charge is -1.96. The van der Waals surface area contributed by atoms with Crippen LogP contribution in [0.4, 0.5) is 0 Å². The summed E-state index contributed by atoms with van der Waals surface area (Å²) in [6.45, 7) is 3.01. The largest absolute Gasteiger partial charge is 1.00 e. The van der Waals surface area contributed by atoms with Crippen LogP contribution < -0.4 is 17.4 Å². The van der Waals surface area contributed by atoms with Gasteiger partial charge in [0.1, 0.15) is 0 Å². The molecule has 0 radical (unpaired) electrons. The van der Waals surface area contributed by atoms with E-state index >= 15 is 0 Å². The Morgan fingerprint density at radius 2 is 0.875 bits per heavy atom. The Balaban J connectivity index is 0. The van der Waals surface area contributed by atoms with Crippen LogP contribution in [-0.4, -0.2) is 22.1 Å². The Labute approximate surface area is 204 Å². The smallest absolute Gasteiger partial charge is 0.252 e. The van der Waals surface area contributed by atoms with Crippen LogP contribution in [0.25, 0.3) is 0 Å². The van der Waals surface area contributed by atoms with E-state index in [0.717, 1.165) is 0 Å². The van der Waals surface area contributed by atoms with E-state index < -0.39 is 10.5 Å². The topological polar surface area (TPSA) is 82.4 Å². The summed E-state index contributed by atoms with van der Waals surface area (Å²) >= 11 is 10.4. The second-order valence-corrected chi connectivity index (χ2v) is 6.58. The average Bonchev–Trinajstić information content (AvgIpc) is 2.76. The molecule has 32 heavy (non-hydrogen) atoms. The van der Waals surface area contributed by atoms with Crippen LogP contribution in [0.1, 0.15) is 62.7 Å². The molecule has 1 heterocycles. The molecule has 0 fully saturated rings. The molecule has 0 atom stereocenters. The minimum atomic E-state index is -0.552. The van der Waals surface area contributed by atoms with E-state index in [4.69, 9.17) is 23.2 Å². The van der Waals surface area contributed by atoms with E-state index in [-0.39, 0.29) is 31.4 Å². The molecule has 1 aromatic heterocycles. The summed E-state index contributed by atoms with van der Waals surface area (Å²) in [6, 6.07) is 18.3. The summed E-state index contributed by atoms with van der Waals surface area (Å²) < 4.78 is 0. The Kier molecular flexibility index (Phi) is 16.4. The third-order valence-corrected chi connectivity index (χ3v) is 4.08. The summed E-state index contributed by atoms with van der Waals surface area (Å²) in [5.74, 6) is 0.0372. The monoisotopic (exact) mass is 495 g/mol. The fourth-order valence-electron chi connectivity index (χ4n) is 2.01. The third-order valence-electron chi connectivity index (χ3n) is 3.64. The number of aromatic nitrogens is 1. The van der Waals surface area contributed by atoms with E-state index in [1.54, 1.807) is 24.3 Å². The number of pyridine rings is 1. The number of carbonyl (C=O) groups excluding carboxylic acids is 4. The maximum Gasteiger partial charge on any atom is 0.252 e. The van der Waals surface area contributed by atoms with E-state index in [2.05, 4.69) is 4.98 Å². The third kappa shape index (κ3) is 12.1. The van der Waals surface area contributed by atoms with Gasteiger partial charge in [0.05, 0.1) is 0 Å². The van der Waals surface area contributed by atoms with Crippen molar-refractivity contribution >= 4 is 45.3 Å². The molecule has 2 aromatic carbocycles. The van der Waals surface area contributed by atoms with Crippen molar-refractivity contribution < 1.29 is 36.6 Å². The van der Waals surface area contributed by atoms with Crippen LogP contribution in [0, 0.1) is 0 Å². The minimum Gasteiger partial charge on any atom is -1.00 e.